The van der Waals surface area contributed by atoms with Crippen LogP contribution in [0.4, 0.5) is 0 Å². The second-order valence-corrected chi connectivity index (χ2v) is 5.82. The van der Waals surface area contributed by atoms with Gasteiger partial charge in [-0.2, -0.15) is 10.5 Å². The van der Waals surface area contributed by atoms with E-state index in [2.05, 4.69) is 0 Å². The number of phosphoric acid groups is 1. The number of phosphoric ester groups is 1. The molecule has 8 heteroatoms. The van der Waals surface area contributed by atoms with Crippen LogP contribution in [0.25, 0.3) is 0 Å². The van der Waals surface area contributed by atoms with E-state index in [4.69, 9.17) is 25.2 Å². The third kappa shape index (κ3) is 4.28. The molecule has 112 valence electrons. The van der Waals surface area contributed by atoms with Crippen molar-refractivity contribution >= 4 is 19.4 Å². The van der Waals surface area contributed by atoms with Crippen molar-refractivity contribution in [3.05, 3.63) is 34.9 Å². The Kier molecular flexibility index (Phi) is 6.36. The number of nitrogens with zero attached hydrogens (tertiary/aromatic N) is 2. The maximum Gasteiger partial charge on any atom is 0.477 e. The van der Waals surface area contributed by atoms with Crippen LogP contribution in [0.15, 0.2) is 24.3 Å². The van der Waals surface area contributed by atoms with Gasteiger partial charge in [0.2, 0.25) is 0 Å². The Morgan fingerprint density at radius 3 is 2.00 bits per heavy atom. The molecule has 0 aromatic heterocycles. The van der Waals surface area contributed by atoms with Gasteiger partial charge in [0.15, 0.2) is 0 Å². The van der Waals surface area contributed by atoms with Crippen molar-refractivity contribution in [1.29, 1.82) is 10.5 Å². The van der Waals surface area contributed by atoms with Crippen molar-refractivity contribution in [2.75, 3.05) is 13.2 Å². The fourth-order valence-corrected chi connectivity index (χ4v) is 2.97. The fourth-order valence-electron chi connectivity index (χ4n) is 1.51. The molecule has 0 heterocycles. The zero-order valence-electron chi connectivity index (χ0n) is 11.6. The minimum atomic E-state index is -4.03. The molecule has 0 saturated heterocycles. The lowest BCUT2D eigenvalue weighted by atomic mass is 9.97. The van der Waals surface area contributed by atoms with Gasteiger partial charge in [0.05, 0.1) is 13.2 Å². The quantitative estimate of drug-likeness (QED) is 0.707. The van der Waals surface area contributed by atoms with E-state index < -0.39 is 13.4 Å². The van der Waals surface area contributed by atoms with E-state index in [1.165, 1.54) is 24.3 Å². The van der Waals surface area contributed by atoms with Gasteiger partial charge in [-0.15, -0.1) is 0 Å². The maximum atomic E-state index is 12.4. The Hall–Kier alpha value is -1.40. The van der Waals surface area contributed by atoms with Crippen LogP contribution in [0.2, 0.25) is 5.02 Å². The van der Waals surface area contributed by atoms with Crippen molar-refractivity contribution in [3.63, 3.8) is 0 Å². The lowest BCUT2D eigenvalue weighted by Gasteiger charge is -2.24. The zero-order valence-corrected chi connectivity index (χ0v) is 13.2. The first-order valence-electron chi connectivity index (χ1n) is 6.13. The van der Waals surface area contributed by atoms with Crippen LogP contribution in [-0.2, 0) is 23.7 Å². The molecule has 1 aromatic rings. The van der Waals surface area contributed by atoms with Gasteiger partial charge >= 0.3 is 7.82 Å². The number of hydrogen-bond acceptors (Lipinski definition) is 6. The number of hydrogen-bond donors (Lipinski definition) is 0. The van der Waals surface area contributed by atoms with Gasteiger partial charge in [-0.05, 0) is 26.0 Å². The summed E-state index contributed by atoms with van der Waals surface area (Å²) in [5, 5.41) is 19.1. The van der Waals surface area contributed by atoms with Crippen molar-refractivity contribution in [2.24, 2.45) is 0 Å². The first kappa shape index (κ1) is 17.7. The molecule has 0 atom stereocenters. The van der Waals surface area contributed by atoms with Crippen LogP contribution in [0.1, 0.15) is 19.4 Å². The molecule has 1 aromatic carbocycles. The molecule has 0 bridgehead atoms. The van der Waals surface area contributed by atoms with Gasteiger partial charge in [-0.1, -0.05) is 23.7 Å². The maximum absolute atomic E-state index is 12.4. The van der Waals surface area contributed by atoms with Gasteiger partial charge < -0.3 is 0 Å². The zero-order chi connectivity index (χ0) is 15.9. The standard InChI is InChI=1S/C13H14ClN2O4P/c1-3-18-21(17,19-4-2)20-13(9-15,10-16)11-5-7-12(14)8-6-11/h5-8H,3-4H2,1-2H3. The van der Waals surface area contributed by atoms with Crippen molar-refractivity contribution in [2.45, 2.75) is 19.4 Å². The second kappa shape index (κ2) is 7.56. The van der Waals surface area contributed by atoms with E-state index >= 15 is 0 Å². The summed E-state index contributed by atoms with van der Waals surface area (Å²) in [6.45, 7) is 3.28. The van der Waals surface area contributed by atoms with E-state index in [1.807, 2.05) is 0 Å². The number of benzene rings is 1. The van der Waals surface area contributed by atoms with E-state index in [1.54, 1.807) is 26.0 Å². The average molecular weight is 329 g/mol. The van der Waals surface area contributed by atoms with E-state index in [-0.39, 0.29) is 18.8 Å². The van der Waals surface area contributed by atoms with Crippen LogP contribution in [-0.4, -0.2) is 13.2 Å². The lowest BCUT2D eigenvalue weighted by molar-refractivity contribution is 0.0741. The minimum Gasteiger partial charge on any atom is -0.287 e. The molecule has 21 heavy (non-hydrogen) atoms. The Morgan fingerprint density at radius 2 is 1.62 bits per heavy atom. The Bertz CT molecular complexity index is 582. The van der Waals surface area contributed by atoms with Crippen LogP contribution in [0, 0.1) is 22.7 Å². The van der Waals surface area contributed by atoms with Gasteiger partial charge in [0.25, 0.3) is 5.60 Å². The largest absolute Gasteiger partial charge is 0.477 e. The number of rotatable bonds is 7. The molecule has 0 aliphatic rings. The topological polar surface area (TPSA) is 92.3 Å². The Morgan fingerprint density at radius 1 is 1.14 bits per heavy atom. The molecule has 0 unspecified atom stereocenters. The molecule has 0 N–H and O–H groups in total. The summed E-state index contributed by atoms with van der Waals surface area (Å²) in [7, 11) is -4.03. The van der Waals surface area contributed by atoms with Crippen LogP contribution < -0.4 is 0 Å². The highest BCUT2D eigenvalue weighted by Crippen LogP contribution is 2.54. The fraction of sp³-hybridized carbons (Fsp3) is 0.385. The van der Waals surface area contributed by atoms with Crippen LogP contribution in [0.3, 0.4) is 0 Å². The predicted octanol–water partition coefficient (Wildman–Crippen LogP) is 3.78. The molecule has 0 saturated carbocycles. The molecule has 0 amide bonds. The number of halogens is 1. The third-order valence-electron chi connectivity index (χ3n) is 2.39. The smallest absolute Gasteiger partial charge is 0.287 e. The van der Waals surface area contributed by atoms with Crippen LogP contribution >= 0.6 is 19.4 Å². The minimum absolute atomic E-state index is 0.0465. The molecule has 1 rings (SSSR count). The highest BCUT2D eigenvalue weighted by Gasteiger charge is 2.43. The summed E-state index contributed by atoms with van der Waals surface area (Å²) in [5.74, 6) is 0. The summed E-state index contributed by atoms with van der Waals surface area (Å²) in [5.41, 5.74) is -1.92. The highest BCUT2D eigenvalue weighted by atomic mass is 35.5. The van der Waals surface area contributed by atoms with E-state index in [0.717, 1.165) is 0 Å². The SMILES string of the molecule is CCOP(=O)(OCC)OC(C#N)(C#N)c1ccc(Cl)cc1. The van der Waals surface area contributed by atoms with Gasteiger partial charge in [0, 0.05) is 10.6 Å². The van der Waals surface area contributed by atoms with Crippen molar-refractivity contribution < 1.29 is 18.1 Å². The molecule has 0 aliphatic heterocycles. The average Bonchev–Trinajstić information content (AvgIpc) is 2.46. The summed E-state index contributed by atoms with van der Waals surface area (Å²) in [6, 6.07) is 9.30. The summed E-state index contributed by atoms with van der Waals surface area (Å²) < 4.78 is 27.5. The second-order valence-electron chi connectivity index (χ2n) is 3.79. The Labute approximate surface area is 128 Å². The molecule has 6 nitrogen and oxygen atoms in total. The molecular weight excluding hydrogens is 315 g/mol. The molecule has 0 fully saturated rings. The predicted molar refractivity (Wildman–Crippen MR) is 76.3 cm³/mol. The monoisotopic (exact) mass is 328 g/mol. The van der Waals surface area contributed by atoms with E-state index in [9.17, 15) is 15.1 Å². The van der Waals surface area contributed by atoms with Gasteiger partial charge in [-0.3, -0.25) is 9.05 Å². The lowest BCUT2D eigenvalue weighted by Crippen LogP contribution is -2.25. The van der Waals surface area contributed by atoms with Crippen LogP contribution in [0.5, 0.6) is 0 Å². The first-order chi connectivity index (χ1) is 9.95. The molecule has 0 spiro atoms. The third-order valence-corrected chi connectivity index (χ3v) is 4.29. The van der Waals surface area contributed by atoms with Crippen molar-refractivity contribution in [1.82, 2.24) is 0 Å². The number of nitriles is 2. The summed E-state index contributed by atoms with van der Waals surface area (Å²) in [4.78, 5) is 0. The van der Waals surface area contributed by atoms with Crippen molar-refractivity contribution in [3.8, 4) is 12.1 Å². The normalized spacial score (nSPS) is 11.7. The Balaban J connectivity index is 3.23. The van der Waals surface area contributed by atoms with E-state index in [0.29, 0.717) is 5.02 Å². The summed E-state index contributed by atoms with van der Waals surface area (Å²) >= 11 is 5.77. The highest BCUT2D eigenvalue weighted by molar-refractivity contribution is 7.48. The van der Waals surface area contributed by atoms with Gasteiger partial charge in [0.1, 0.15) is 12.1 Å². The molecule has 0 radical (unpaired) electrons. The van der Waals surface area contributed by atoms with Gasteiger partial charge in [-0.25, -0.2) is 9.09 Å². The summed E-state index contributed by atoms with van der Waals surface area (Å²) in [6.07, 6.45) is 0. The molecule has 0 aliphatic carbocycles. The molecular formula is C13H14ClN2O4P. The first-order valence-corrected chi connectivity index (χ1v) is 7.97.